The van der Waals surface area contributed by atoms with Crippen molar-refractivity contribution in [2.45, 2.75) is 206 Å². The summed E-state index contributed by atoms with van der Waals surface area (Å²) in [5, 5.41) is 52.6. The quantitative estimate of drug-likeness (QED) is 0.0212. The van der Waals surface area contributed by atoms with E-state index >= 15 is 0 Å². The molecule has 2 unspecified atom stereocenters. The highest BCUT2D eigenvalue weighted by molar-refractivity contribution is 7.15. The summed E-state index contributed by atoms with van der Waals surface area (Å²) < 4.78 is 26.0. The maximum atomic E-state index is 14.8. The van der Waals surface area contributed by atoms with Crippen LogP contribution in [0.3, 0.4) is 0 Å². The van der Waals surface area contributed by atoms with Gasteiger partial charge < -0.3 is 29.2 Å². The highest BCUT2D eigenvalue weighted by Crippen LogP contribution is 2.36. The summed E-state index contributed by atoms with van der Waals surface area (Å²) >= 11 is 4.76. The van der Waals surface area contributed by atoms with Gasteiger partial charge in [-0.05, 0) is 98.5 Å². The molecular formula is C59H82N6O7S3. The third kappa shape index (κ3) is 19.6. The van der Waals surface area contributed by atoms with Crippen LogP contribution in [0.25, 0.3) is 31.7 Å². The topological polar surface area (TPSA) is 172 Å². The fourth-order valence-corrected chi connectivity index (χ4v) is 11.4. The number of aliphatic hydroxyl groups is 2. The molecule has 2 N–H and O–H groups in total. The lowest BCUT2D eigenvalue weighted by atomic mass is 10.1. The summed E-state index contributed by atoms with van der Waals surface area (Å²) in [5.41, 5.74) is 2.61. The van der Waals surface area contributed by atoms with E-state index in [0.717, 1.165) is 85.3 Å². The van der Waals surface area contributed by atoms with E-state index in [-0.39, 0.29) is 6.42 Å². The normalized spacial score (nSPS) is 12.5. The molecule has 0 saturated carbocycles. The second-order valence-corrected chi connectivity index (χ2v) is 22.7. The molecule has 0 fully saturated rings. The molecule has 13 nitrogen and oxygen atoms in total. The number of hydrogen-bond acceptors (Lipinski definition) is 16. The minimum atomic E-state index is -2.27. The Morgan fingerprint density at radius 3 is 1.15 bits per heavy atom. The zero-order chi connectivity index (χ0) is 52.9. The maximum Gasteiger partial charge on any atom is 0.397 e. The molecule has 408 valence electrons. The van der Waals surface area contributed by atoms with Crippen LogP contribution in [0.15, 0.2) is 72.8 Å². The molecule has 16 heteroatoms. The lowest BCUT2D eigenvalue weighted by Gasteiger charge is -2.37. The third-order valence-corrected chi connectivity index (χ3v) is 16.3. The number of nitrogens with zero attached hydrogens (tertiary/aromatic N) is 6. The second kappa shape index (κ2) is 33.3. The van der Waals surface area contributed by atoms with Gasteiger partial charge in [0, 0.05) is 36.0 Å². The van der Waals surface area contributed by atoms with Gasteiger partial charge in [-0.25, -0.2) is 4.79 Å². The molecule has 6 rings (SSSR count). The fourth-order valence-electron chi connectivity index (χ4n) is 8.76. The van der Waals surface area contributed by atoms with Crippen molar-refractivity contribution >= 4 is 40.0 Å². The van der Waals surface area contributed by atoms with Crippen molar-refractivity contribution < 1.29 is 34.0 Å². The first-order valence-corrected chi connectivity index (χ1v) is 30.5. The lowest BCUT2D eigenvalue weighted by Crippen LogP contribution is -2.61. The predicted molar refractivity (Wildman–Crippen MR) is 304 cm³/mol. The van der Waals surface area contributed by atoms with E-state index in [1.54, 1.807) is 58.3 Å². The molecule has 3 aromatic heterocycles. The summed E-state index contributed by atoms with van der Waals surface area (Å²) in [6, 6.07) is 22.1. The maximum absolute atomic E-state index is 14.8. The Kier molecular flexibility index (Phi) is 26.4. The van der Waals surface area contributed by atoms with Gasteiger partial charge in [-0.1, -0.05) is 177 Å². The van der Waals surface area contributed by atoms with Crippen LogP contribution in [0.2, 0.25) is 0 Å². The molecule has 3 aromatic carbocycles. The Bertz CT molecular complexity index is 2380. The van der Waals surface area contributed by atoms with Crippen LogP contribution in [-0.2, 0) is 28.8 Å². The van der Waals surface area contributed by atoms with E-state index in [4.69, 9.17) is 18.9 Å². The Morgan fingerprint density at radius 2 is 0.813 bits per heavy atom. The van der Waals surface area contributed by atoms with E-state index in [1.165, 1.54) is 116 Å². The van der Waals surface area contributed by atoms with Crippen LogP contribution in [-0.4, -0.2) is 78.0 Å². The van der Waals surface area contributed by atoms with Gasteiger partial charge in [0.15, 0.2) is 6.10 Å². The standard InChI is InChI=1S/C59H82N6O7S3/c1-5-9-12-15-18-21-24-27-52-60-63-55(73-52)44-30-36-48(37-31-44)70-51(8-4)59(58(68)69-43-47(67)42-66,71-49-38-32-45(33-39-49)56-64-61-53(74-56)28-25-22-19-16-13-10-6-2)72-50-40-34-46(35-41-50)57-65-62-54(75-57)29-26-23-20-17-14-11-7-3/h30-41,47,51,66-67H,5-29,42-43H2,1-4H3. The SMILES string of the molecule is CCCCCCCCCc1nnc(-c2ccc(OC(CC)C(Oc3ccc(-c4nnc(CCCCCCCCC)s4)cc3)(Oc3ccc(-c4nnc(CCCCCCCCC)s4)cc3)C(=O)OCC(O)CO)cc2)s1. The number of carbonyl (C=O) groups excluding carboxylic acids is 1. The number of unbranched alkanes of at least 4 members (excludes halogenated alkanes) is 18. The molecule has 0 aliphatic carbocycles. The number of aromatic nitrogens is 6. The first-order valence-electron chi connectivity index (χ1n) is 28.1. The van der Waals surface area contributed by atoms with Crippen molar-refractivity contribution in [3.8, 4) is 49.0 Å². The number of aryl methyl sites for hydroxylation is 3. The summed E-state index contributed by atoms with van der Waals surface area (Å²) in [6.07, 6.45) is 26.4. The molecule has 0 bridgehead atoms. The van der Waals surface area contributed by atoms with Gasteiger partial charge in [-0.15, -0.1) is 30.6 Å². The Labute approximate surface area is 458 Å². The molecule has 3 heterocycles. The lowest BCUT2D eigenvalue weighted by molar-refractivity contribution is -0.217. The van der Waals surface area contributed by atoms with E-state index in [0.29, 0.717) is 17.2 Å². The zero-order valence-corrected chi connectivity index (χ0v) is 47.5. The molecule has 0 saturated heterocycles. The molecule has 0 aliphatic heterocycles. The zero-order valence-electron chi connectivity index (χ0n) is 45.0. The molecular weight excluding hydrogens is 1000 g/mol. The highest BCUT2D eigenvalue weighted by atomic mass is 32.1. The monoisotopic (exact) mass is 1080 g/mol. The predicted octanol–water partition coefficient (Wildman–Crippen LogP) is 15.0. The molecule has 0 amide bonds. The van der Waals surface area contributed by atoms with Gasteiger partial charge in [0.1, 0.15) is 60.0 Å². The Morgan fingerprint density at radius 1 is 0.480 bits per heavy atom. The first kappa shape index (κ1) is 59.4. The number of aliphatic hydroxyl groups excluding tert-OH is 2. The van der Waals surface area contributed by atoms with Gasteiger partial charge in [0.2, 0.25) is 0 Å². The summed E-state index contributed by atoms with van der Waals surface area (Å²) in [5.74, 6) is -2.17. The number of rotatable bonds is 39. The second-order valence-electron chi connectivity index (χ2n) is 19.5. The van der Waals surface area contributed by atoms with Crippen LogP contribution >= 0.6 is 34.0 Å². The summed E-state index contributed by atoms with van der Waals surface area (Å²) in [6.45, 7) is 7.47. The van der Waals surface area contributed by atoms with Crippen molar-refractivity contribution in [1.29, 1.82) is 0 Å². The highest BCUT2D eigenvalue weighted by Gasteiger charge is 2.55. The van der Waals surface area contributed by atoms with Crippen molar-refractivity contribution in [3.05, 3.63) is 87.8 Å². The molecule has 0 aliphatic rings. The fraction of sp³-hybridized carbons (Fsp3) is 0.576. The minimum absolute atomic E-state index is 0.229. The van der Waals surface area contributed by atoms with E-state index in [2.05, 4.69) is 51.4 Å². The summed E-state index contributed by atoms with van der Waals surface area (Å²) in [4.78, 5) is 14.8. The molecule has 0 radical (unpaired) electrons. The molecule has 6 aromatic rings. The van der Waals surface area contributed by atoms with Gasteiger partial charge in [0.25, 0.3) is 0 Å². The Balaban J connectivity index is 1.23. The third-order valence-electron chi connectivity index (χ3n) is 13.2. The molecule has 0 spiro atoms. The number of carbonyl (C=O) groups is 1. The average Bonchev–Trinajstić information content (AvgIpc) is 4.24. The van der Waals surface area contributed by atoms with E-state index < -0.39 is 37.2 Å². The van der Waals surface area contributed by atoms with Crippen molar-refractivity contribution in [3.63, 3.8) is 0 Å². The van der Waals surface area contributed by atoms with Crippen LogP contribution in [0, 0.1) is 0 Å². The van der Waals surface area contributed by atoms with Crippen LogP contribution in [0.4, 0.5) is 0 Å². The van der Waals surface area contributed by atoms with Crippen LogP contribution < -0.4 is 14.2 Å². The van der Waals surface area contributed by atoms with Crippen LogP contribution in [0.5, 0.6) is 17.2 Å². The molecule has 75 heavy (non-hydrogen) atoms. The van der Waals surface area contributed by atoms with E-state index in [9.17, 15) is 15.0 Å². The minimum Gasteiger partial charge on any atom is -0.482 e. The molecule has 2 atom stereocenters. The van der Waals surface area contributed by atoms with E-state index in [1.807, 2.05) is 55.5 Å². The van der Waals surface area contributed by atoms with Crippen molar-refractivity contribution in [2.24, 2.45) is 0 Å². The smallest absolute Gasteiger partial charge is 0.397 e. The largest absolute Gasteiger partial charge is 0.482 e. The summed E-state index contributed by atoms with van der Waals surface area (Å²) in [7, 11) is 0. The van der Waals surface area contributed by atoms with Crippen molar-refractivity contribution in [1.82, 2.24) is 30.6 Å². The number of benzene rings is 3. The average molecular weight is 1080 g/mol. The van der Waals surface area contributed by atoms with Gasteiger partial charge in [-0.3, -0.25) is 0 Å². The van der Waals surface area contributed by atoms with Crippen molar-refractivity contribution in [2.75, 3.05) is 13.2 Å². The number of hydrogen-bond donors (Lipinski definition) is 2. The van der Waals surface area contributed by atoms with Gasteiger partial charge in [-0.2, -0.15) is 0 Å². The van der Waals surface area contributed by atoms with Crippen LogP contribution in [0.1, 0.15) is 184 Å². The number of esters is 1. The van der Waals surface area contributed by atoms with Gasteiger partial charge >= 0.3 is 11.8 Å². The first-order chi connectivity index (χ1) is 36.8. The number of ether oxygens (including phenoxy) is 4. The van der Waals surface area contributed by atoms with Gasteiger partial charge in [0.05, 0.1) is 6.61 Å². The Hall–Kier alpha value is -4.87.